The van der Waals surface area contributed by atoms with Gasteiger partial charge in [0.2, 0.25) is 0 Å². The first-order chi connectivity index (χ1) is 12.3. The van der Waals surface area contributed by atoms with Gasteiger partial charge in [-0.3, -0.25) is 3.97 Å². The molecule has 1 fully saturated rings. The van der Waals surface area contributed by atoms with Crippen LogP contribution in [-0.4, -0.2) is 33.1 Å². The van der Waals surface area contributed by atoms with E-state index in [0.717, 1.165) is 36.5 Å². The normalized spacial score (nSPS) is 18.0. The van der Waals surface area contributed by atoms with Crippen LogP contribution in [0.4, 0.5) is 5.82 Å². The van der Waals surface area contributed by atoms with Gasteiger partial charge in [-0.05, 0) is 24.5 Å². The molecule has 0 saturated carbocycles. The Kier molecular flexibility index (Phi) is 5.42. The molecule has 1 saturated heterocycles. The molecule has 5 nitrogen and oxygen atoms in total. The molecule has 1 aliphatic rings. The summed E-state index contributed by atoms with van der Waals surface area (Å²) < 4.78 is 2.08. The highest BCUT2D eigenvalue weighted by Crippen LogP contribution is 2.30. The molecular weight excluding hydrogens is 445 g/mol. The fourth-order valence-electron chi connectivity index (χ4n) is 3.42. The summed E-state index contributed by atoms with van der Waals surface area (Å²) in [7, 11) is 1.63. The maximum Gasteiger partial charge on any atom is 0.156 e. The van der Waals surface area contributed by atoms with Crippen molar-refractivity contribution in [1.82, 2.24) is 19.3 Å². The van der Waals surface area contributed by atoms with Gasteiger partial charge in [0.05, 0.1) is 5.39 Å². The molecule has 1 aromatic carbocycles. The number of nitrogens with zero attached hydrogens (tertiary/aromatic N) is 4. The van der Waals surface area contributed by atoms with E-state index >= 15 is 0 Å². The molecule has 7 heteroatoms. The number of hydrogen-bond donors (Lipinski definition) is 1. The Morgan fingerprint density at radius 2 is 2.08 bits per heavy atom. The molecule has 0 bridgehead atoms. The summed E-state index contributed by atoms with van der Waals surface area (Å²) in [6.45, 7) is 2.96. The fourth-order valence-corrected chi connectivity index (χ4v) is 4.69. The molecule has 3 aromatic rings. The van der Waals surface area contributed by atoms with E-state index in [2.05, 4.69) is 88.0 Å². The molecule has 1 atom stereocenters. The highest BCUT2D eigenvalue weighted by molar-refractivity contribution is 14.2. The number of piperidine rings is 1. The second-order valence-corrected chi connectivity index (χ2v) is 8.01. The zero-order valence-electron chi connectivity index (χ0n) is 13.8. The van der Waals surface area contributed by atoms with Crippen molar-refractivity contribution < 1.29 is 0 Å². The summed E-state index contributed by atoms with van der Waals surface area (Å²) in [5.41, 5.74) is 2.32. The first kappa shape index (κ1) is 17.1. The van der Waals surface area contributed by atoms with E-state index in [1.54, 1.807) is 15.4 Å². The van der Waals surface area contributed by atoms with Gasteiger partial charge in [-0.15, -0.1) is 0 Å². The quantitative estimate of drug-likeness (QED) is 0.577. The van der Waals surface area contributed by atoms with Gasteiger partial charge < -0.3 is 10.2 Å². The Labute approximate surface area is 163 Å². The molecule has 25 heavy (non-hydrogen) atoms. The van der Waals surface area contributed by atoms with Crippen LogP contribution in [-0.2, 0) is 6.54 Å². The number of hydrogen-bond acceptors (Lipinski definition) is 5. The van der Waals surface area contributed by atoms with E-state index in [1.165, 1.54) is 18.4 Å². The maximum atomic E-state index is 4.59. The number of benzene rings is 1. The van der Waals surface area contributed by atoms with Crippen molar-refractivity contribution in [3.8, 4) is 0 Å². The maximum absolute atomic E-state index is 4.59. The highest BCUT2D eigenvalue weighted by Gasteiger charge is 2.22. The van der Waals surface area contributed by atoms with Crippen LogP contribution >= 0.6 is 30.3 Å². The first-order valence-corrected chi connectivity index (χ1v) is 11.8. The molecule has 3 heterocycles. The zero-order chi connectivity index (χ0) is 17.1. The van der Waals surface area contributed by atoms with Crippen LogP contribution in [0.2, 0.25) is 0 Å². The van der Waals surface area contributed by atoms with Crippen LogP contribution in [0.1, 0.15) is 18.4 Å². The molecule has 1 unspecified atom stereocenters. The number of nitrogens with one attached hydrogen (secondary N) is 1. The SMILES string of the molecule is ISn1ccc2c(N3CCCC(NCc4ccccc4)C3)ncnc21. The van der Waals surface area contributed by atoms with Crippen LogP contribution in [0.3, 0.4) is 0 Å². The smallest absolute Gasteiger partial charge is 0.156 e. The van der Waals surface area contributed by atoms with Crippen molar-refractivity contribution in [2.75, 3.05) is 18.0 Å². The second-order valence-electron chi connectivity index (χ2n) is 6.30. The van der Waals surface area contributed by atoms with Crippen molar-refractivity contribution >= 4 is 47.2 Å². The highest BCUT2D eigenvalue weighted by atomic mass is 127. The number of fused-ring (bicyclic) bond motifs is 1. The number of anilines is 1. The van der Waals surface area contributed by atoms with Gasteiger partial charge in [0.15, 0.2) is 5.65 Å². The van der Waals surface area contributed by atoms with Crippen molar-refractivity contribution in [3.63, 3.8) is 0 Å². The fraction of sp³-hybridized carbons (Fsp3) is 0.333. The topological polar surface area (TPSA) is 46.0 Å². The van der Waals surface area contributed by atoms with Crippen molar-refractivity contribution in [2.24, 2.45) is 0 Å². The van der Waals surface area contributed by atoms with Crippen molar-refractivity contribution in [2.45, 2.75) is 25.4 Å². The Balaban J connectivity index is 1.49. The van der Waals surface area contributed by atoms with Crippen molar-refractivity contribution in [1.29, 1.82) is 0 Å². The minimum absolute atomic E-state index is 0.486. The monoisotopic (exact) mass is 465 g/mol. The molecule has 2 aromatic heterocycles. The molecule has 1 N–H and O–H groups in total. The average molecular weight is 465 g/mol. The Morgan fingerprint density at radius 1 is 1.20 bits per heavy atom. The molecular formula is C18H20IN5S. The molecule has 0 amide bonds. The molecule has 1 aliphatic heterocycles. The lowest BCUT2D eigenvalue weighted by atomic mass is 10.0. The Bertz CT molecular complexity index is 838. The van der Waals surface area contributed by atoms with Gasteiger partial charge in [0.1, 0.15) is 12.1 Å². The third-order valence-corrected chi connectivity index (χ3v) is 6.38. The summed E-state index contributed by atoms with van der Waals surface area (Å²) in [6, 6.07) is 13.2. The lowest BCUT2D eigenvalue weighted by molar-refractivity contribution is 0.420. The molecule has 0 spiro atoms. The van der Waals surface area contributed by atoms with E-state index in [4.69, 9.17) is 0 Å². The second kappa shape index (κ2) is 7.92. The van der Waals surface area contributed by atoms with Gasteiger partial charge in [-0.2, -0.15) is 0 Å². The molecule has 0 radical (unpaired) electrons. The molecule has 130 valence electrons. The minimum atomic E-state index is 0.486. The van der Waals surface area contributed by atoms with E-state index in [0.29, 0.717) is 6.04 Å². The Hall–Kier alpha value is -1.32. The van der Waals surface area contributed by atoms with Crippen LogP contribution < -0.4 is 10.2 Å². The van der Waals surface area contributed by atoms with E-state index < -0.39 is 0 Å². The van der Waals surface area contributed by atoms with Gasteiger partial charge >= 0.3 is 0 Å². The largest absolute Gasteiger partial charge is 0.354 e. The summed E-state index contributed by atoms with van der Waals surface area (Å²) >= 11 is 2.28. The summed E-state index contributed by atoms with van der Waals surface area (Å²) in [6.07, 6.45) is 6.14. The van der Waals surface area contributed by atoms with Crippen LogP contribution in [0.5, 0.6) is 0 Å². The lowest BCUT2D eigenvalue weighted by Gasteiger charge is -2.34. The van der Waals surface area contributed by atoms with Crippen LogP contribution in [0.25, 0.3) is 11.0 Å². The molecule has 0 aliphatic carbocycles. The Morgan fingerprint density at radius 3 is 2.92 bits per heavy atom. The van der Waals surface area contributed by atoms with Crippen molar-refractivity contribution in [3.05, 3.63) is 54.5 Å². The van der Waals surface area contributed by atoms with Gasteiger partial charge in [0.25, 0.3) is 0 Å². The van der Waals surface area contributed by atoms with Crippen LogP contribution in [0.15, 0.2) is 48.9 Å². The van der Waals surface area contributed by atoms with Crippen LogP contribution in [0, 0.1) is 0 Å². The van der Waals surface area contributed by atoms with E-state index in [1.807, 2.05) is 0 Å². The van der Waals surface area contributed by atoms with E-state index in [9.17, 15) is 0 Å². The zero-order valence-corrected chi connectivity index (χ0v) is 16.8. The predicted molar refractivity (Wildman–Crippen MR) is 113 cm³/mol. The average Bonchev–Trinajstić information content (AvgIpc) is 3.11. The summed E-state index contributed by atoms with van der Waals surface area (Å²) in [4.78, 5) is 11.4. The molecule has 4 rings (SSSR count). The minimum Gasteiger partial charge on any atom is -0.354 e. The van der Waals surface area contributed by atoms with E-state index in [-0.39, 0.29) is 0 Å². The van der Waals surface area contributed by atoms with Gasteiger partial charge in [-0.25, -0.2) is 9.97 Å². The van der Waals surface area contributed by atoms with Gasteiger partial charge in [0, 0.05) is 62.2 Å². The standard InChI is InChI=1S/C18H20IN5S/c19-25-24-10-8-16-17(21-13-22-18(16)24)23-9-4-7-15(12-23)20-11-14-5-2-1-3-6-14/h1-3,5-6,8,10,13,15,20H,4,7,9,11-12H2. The summed E-state index contributed by atoms with van der Waals surface area (Å²) in [5, 5.41) is 4.84. The number of halogens is 1. The third kappa shape index (κ3) is 3.78. The third-order valence-electron chi connectivity index (χ3n) is 4.66. The lowest BCUT2D eigenvalue weighted by Crippen LogP contribution is -2.45. The predicted octanol–water partition coefficient (Wildman–Crippen LogP) is 4.04. The summed E-state index contributed by atoms with van der Waals surface area (Å²) in [5.74, 6) is 1.06. The first-order valence-electron chi connectivity index (χ1n) is 8.48. The number of rotatable bonds is 5. The van der Waals surface area contributed by atoms with Gasteiger partial charge in [-0.1, -0.05) is 30.3 Å². The number of aromatic nitrogens is 3.